The van der Waals surface area contributed by atoms with Gasteiger partial charge in [0.2, 0.25) is 5.89 Å². The Labute approximate surface area is 113 Å². The van der Waals surface area contributed by atoms with Crippen LogP contribution in [0.2, 0.25) is 5.02 Å². The van der Waals surface area contributed by atoms with Gasteiger partial charge in [0.25, 0.3) is 0 Å². The van der Waals surface area contributed by atoms with E-state index in [9.17, 15) is 0 Å². The van der Waals surface area contributed by atoms with Crippen molar-refractivity contribution in [1.82, 2.24) is 10.3 Å². The van der Waals surface area contributed by atoms with Crippen LogP contribution in [0, 0.1) is 0 Å². The quantitative estimate of drug-likeness (QED) is 0.931. The van der Waals surface area contributed by atoms with Gasteiger partial charge in [0.15, 0.2) is 5.76 Å². The predicted octanol–water partition coefficient (Wildman–Crippen LogP) is 3.87. The average molecular weight is 316 g/mol. The molecule has 0 saturated carbocycles. The molecule has 0 bridgehead atoms. The monoisotopic (exact) mass is 314 g/mol. The summed E-state index contributed by atoms with van der Waals surface area (Å²) in [5, 5.41) is 3.85. The van der Waals surface area contributed by atoms with Gasteiger partial charge in [-0.3, -0.25) is 0 Å². The van der Waals surface area contributed by atoms with Crippen LogP contribution in [0.4, 0.5) is 0 Å². The summed E-state index contributed by atoms with van der Waals surface area (Å²) in [7, 11) is 0. The summed E-state index contributed by atoms with van der Waals surface area (Å²) in [4.78, 5) is 4.21. The molecule has 0 unspecified atom stereocenters. The molecule has 0 aliphatic heterocycles. The van der Waals surface area contributed by atoms with Crippen molar-refractivity contribution in [2.45, 2.75) is 13.5 Å². The van der Waals surface area contributed by atoms with Crippen molar-refractivity contribution in [3.63, 3.8) is 0 Å². The van der Waals surface area contributed by atoms with E-state index in [1.54, 1.807) is 6.20 Å². The van der Waals surface area contributed by atoms with Gasteiger partial charge in [-0.1, -0.05) is 18.5 Å². The van der Waals surface area contributed by atoms with Crippen molar-refractivity contribution in [3.05, 3.63) is 39.8 Å². The van der Waals surface area contributed by atoms with E-state index in [0.29, 0.717) is 17.5 Å². The van der Waals surface area contributed by atoms with Gasteiger partial charge in [-0.15, -0.1) is 0 Å². The van der Waals surface area contributed by atoms with Gasteiger partial charge in [-0.05, 0) is 40.7 Å². The number of hydrogen-bond acceptors (Lipinski definition) is 3. The summed E-state index contributed by atoms with van der Waals surface area (Å²) in [5.74, 6) is 1.42. The third kappa shape index (κ3) is 3.09. The highest BCUT2D eigenvalue weighted by molar-refractivity contribution is 9.10. The SMILES string of the molecule is CCNCc1ncc(-c2ccc(Cl)cc2Br)o1. The third-order valence-corrected chi connectivity index (χ3v) is 3.17. The number of halogens is 2. The van der Waals surface area contributed by atoms with Crippen LogP contribution in [-0.2, 0) is 6.54 Å². The molecule has 0 fully saturated rings. The Balaban J connectivity index is 2.24. The van der Waals surface area contributed by atoms with E-state index in [1.807, 2.05) is 25.1 Å². The highest BCUT2D eigenvalue weighted by atomic mass is 79.9. The molecule has 0 aliphatic carbocycles. The molecule has 90 valence electrons. The van der Waals surface area contributed by atoms with Crippen molar-refractivity contribution in [3.8, 4) is 11.3 Å². The van der Waals surface area contributed by atoms with E-state index in [1.165, 1.54) is 0 Å². The zero-order valence-electron chi connectivity index (χ0n) is 9.34. The van der Waals surface area contributed by atoms with Gasteiger partial charge in [0.1, 0.15) is 0 Å². The van der Waals surface area contributed by atoms with E-state index < -0.39 is 0 Å². The largest absolute Gasteiger partial charge is 0.439 e. The van der Waals surface area contributed by atoms with Crippen LogP contribution < -0.4 is 5.32 Å². The zero-order chi connectivity index (χ0) is 12.3. The van der Waals surface area contributed by atoms with E-state index in [4.69, 9.17) is 16.0 Å². The van der Waals surface area contributed by atoms with Crippen molar-refractivity contribution >= 4 is 27.5 Å². The fourth-order valence-electron chi connectivity index (χ4n) is 1.44. The Morgan fingerprint density at radius 2 is 2.29 bits per heavy atom. The molecule has 0 saturated heterocycles. The van der Waals surface area contributed by atoms with Gasteiger partial charge in [-0.2, -0.15) is 0 Å². The first-order valence-electron chi connectivity index (χ1n) is 5.31. The minimum Gasteiger partial charge on any atom is -0.439 e. The van der Waals surface area contributed by atoms with Gasteiger partial charge < -0.3 is 9.73 Å². The normalized spacial score (nSPS) is 10.8. The fourth-order valence-corrected chi connectivity index (χ4v) is 2.32. The number of hydrogen-bond donors (Lipinski definition) is 1. The van der Waals surface area contributed by atoms with E-state index >= 15 is 0 Å². The van der Waals surface area contributed by atoms with Gasteiger partial charge in [-0.25, -0.2) is 4.98 Å². The lowest BCUT2D eigenvalue weighted by Gasteiger charge is -2.01. The smallest absolute Gasteiger partial charge is 0.208 e. The molecule has 2 aromatic rings. The van der Waals surface area contributed by atoms with Crippen molar-refractivity contribution in [1.29, 1.82) is 0 Å². The Bertz CT molecular complexity index is 513. The molecule has 1 N–H and O–H groups in total. The van der Waals surface area contributed by atoms with Crippen LogP contribution in [0.1, 0.15) is 12.8 Å². The number of oxazole rings is 1. The molecule has 5 heteroatoms. The topological polar surface area (TPSA) is 38.1 Å². The number of nitrogens with zero attached hydrogens (tertiary/aromatic N) is 1. The van der Waals surface area contributed by atoms with Crippen molar-refractivity contribution in [2.75, 3.05) is 6.54 Å². The second-order valence-electron chi connectivity index (χ2n) is 3.52. The van der Waals surface area contributed by atoms with Gasteiger partial charge in [0, 0.05) is 15.1 Å². The predicted molar refractivity (Wildman–Crippen MR) is 72.0 cm³/mol. The molecule has 2 rings (SSSR count). The maximum absolute atomic E-state index is 5.89. The summed E-state index contributed by atoms with van der Waals surface area (Å²) in [6.07, 6.45) is 1.72. The molecule has 3 nitrogen and oxygen atoms in total. The van der Waals surface area contributed by atoms with Crippen LogP contribution >= 0.6 is 27.5 Å². The molecule has 0 spiro atoms. The standard InChI is InChI=1S/C12H12BrClN2O/c1-2-15-7-12-16-6-11(17-12)9-4-3-8(14)5-10(9)13/h3-6,15H,2,7H2,1H3. The molecule has 17 heavy (non-hydrogen) atoms. The van der Waals surface area contributed by atoms with Gasteiger partial charge in [0.05, 0.1) is 12.7 Å². The maximum atomic E-state index is 5.89. The number of aromatic nitrogens is 1. The highest BCUT2D eigenvalue weighted by Crippen LogP contribution is 2.30. The Kier molecular flexibility index (Phi) is 4.20. The highest BCUT2D eigenvalue weighted by Gasteiger charge is 2.09. The molecule has 1 heterocycles. The molecular formula is C12H12BrClN2O. The van der Waals surface area contributed by atoms with Crippen LogP contribution in [-0.4, -0.2) is 11.5 Å². The number of rotatable bonds is 4. The summed E-state index contributed by atoms with van der Waals surface area (Å²) >= 11 is 9.35. The lowest BCUT2D eigenvalue weighted by atomic mass is 10.2. The molecule has 0 aliphatic rings. The summed E-state index contributed by atoms with van der Waals surface area (Å²) in [5.41, 5.74) is 0.949. The molecule has 0 amide bonds. The lowest BCUT2D eigenvalue weighted by molar-refractivity contribution is 0.482. The summed E-state index contributed by atoms with van der Waals surface area (Å²) in [6.45, 7) is 3.57. The van der Waals surface area contributed by atoms with Crippen LogP contribution in [0.5, 0.6) is 0 Å². The average Bonchev–Trinajstić information content (AvgIpc) is 2.75. The maximum Gasteiger partial charge on any atom is 0.208 e. The summed E-state index contributed by atoms with van der Waals surface area (Å²) in [6, 6.07) is 5.57. The molecule has 0 radical (unpaired) electrons. The molecule has 0 atom stereocenters. The lowest BCUT2D eigenvalue weighted by Crippen LogP contribution is -2.11. The minimum absolute atomic E-state index is 0.641. The zero-order valence-corrected chi connectivity index (χ0v) is 11.7. The van der Waals surface area contributed by atoms with Crippen molar-refractivity contribution < 1.29 is 4.42 Å². The van der Waals surface area contributed by atoms with Crippen LogP contribution in [0.15, 0.2) is 33.3 Å². The summed E-state index contributed by atoms with van der Waals surface area (Å²) < 4.78 is 6.54. The first kappa shape index (κ1) is 12.6. The number of benzene rings is 1. The van der Waals surface area contributed by atoms with E-state index in [2.05, 4.69) is 26.2 Å². The van der Waals surface area contributed by atoms with Crippen molar-refractivity contribution in [2.24, 2.45) is 0 Å². The fraction of sp³-hybridized carbons (Fsp3) is 0.250. The second kappa shape index (κ2) is 5.67. The first-order chi connectivity index (χ1) is 8.20. The van der Waals surface area contributed by atoms with Gasteiger partial charge >= 0.3 is 0 Å². The van der Waals surface area contributed by atoms with Crippen LogP contribution in [0.25, 0.3) is 11.3 Å². The Morgan fingerprint density at radius 3 is 3.00 bits per heavy atom. The van der Waals surface area contributed by atoms with E-state index in [0.717, 1.165) is 22.3 Å². The number of nitrogens with one attached hydrogen (secondary N) is 1. The third-order valence-electron chi connectivity index (χ3n) is 2.28. The van der Waals surface area contributed by atoms with E-state index in [-0.39, 0.29) is 0 Å². The Hall–Kier alpha value is -0.840. The van der Waals surface area contributed by atoms with Crippen LogP contribution in [0.3, 0.4) is 0 Å². The molecular weight excluding hydrogens is 304 g/mol. The molecule has 1 aromatic carbocycles. The minimum atomic E-state index is 0.641. The first-order valence-corrected chi connectivity index (χ1v) is 6.48. The Morgan fingerprint density at radius 1 is 1.47 bits per heavy atom. The second-order valence-corrected chi connectivity index (χ2v) is 4.81. The molecule has 1 aromatic heterocycles.